The number of anilines is 1. The Morgan fingerprint density at radius 3 is 1.85 bits per heavy atom. The van der Waals surface area contributed by atoms with Crippen LogP contribution in [0.25, 0.3) is 5.41 Å². The van der Waals surface area contributed by atoms with Crippen molar-refractivity contribution >= 4 is 23.0 Å². The Labute approximate surface area is 182 Å². The predicted octanol–water partition coefficient (Wildman–Crippen LogP) is 5.86. The fourth-order valence-electron chi connectivity index (χ4n) is 1.68. The summed E-state index contributed by atoms with van der Waals surface area (Å²) in [6.45, 7) is 9.43. The molecule has 26 heavy (non-hydrogen) atoms. The quantitative estimate of drug-likeness (QED) is 0.470. The first-order valence-corrected chi connectivity index (χ1v) is 8.51. The molecule has 0 heterocycles. The SMILES string of the molecule is CC.CC.CC(=[N-])C(N=Nc1ccccc1)C(=O)Nc1ccccc1.[Y]. The number of rotatable bonds is 5. The van der Waals surface area contributed by atoms with E-state index >= 15 is 0 Å². The molecule has 0 saturated heterocycles. The van der Waals surface area contributed by atoms with Gasteiger partial charge in [-0.1, -0.05) is 71.0 Å². The number of hydrogen-bond donors (Lipinski definition) is 1. The van der Waals surface area contributed by atoms with Crippen LogP contribution in [-0.4, -0.2) is 17.7 Å². The Morgan fingerprint density at radius 1 is 0.923 bits per heavy atom. The average Bonchev–Trinajstić information content (AvgIpc) is 2.66. The number of azo groups is 1. The van der Waals surface area contributed by atoms with Gasteiger partial charge in [0.25, 0.3) is 5.91 Å². The Balaban J connectivity index is 0. The van der Waals surface area contributed by atoms with Gasteiger partial charge in [-0.2, -0.15) is 15.9 Å². The van der Waals surface area contributed by atoms with Gasteiger partial charge in [0.05, 0.1) is 5.69 Å². The predicted molar refractivity (Wildman–Crippen MR) is 107 cm³/mol. The zero-order valence-corrected chi connectivity index (χ0v) is 19.0. The van der Waals surface area contributed by atoms with Gasteiger partial charge in [0.2, 0.25) is 0 Å². The van der Waals surface area contributed by atoms with Crippen LogP contribution in [0.1, 0.15) is 34.6 Å². The molecule has 0 saturated carbocycles. The standard InChI is InChI=1S/C16H15N4O.2C2H6.Y/c1-12(17)15(20-19-14-10-6-3-7-11-14)16(21)18-13-8-4-2-5-9-13;2*1-2;/h2-11,15H,1H3,(H,18,21);2*1-2H3;/q-1;;;. The largest absolute Gasteiger partial charge is 0.809 e. The molecule has 1 amide bonds. The monoisotopic (exact) mass is 428 g/mol. The van der Waals surface area contributed by atoms with Crippen molar-refractivity contribution in [1.29, 1.82) is 0 Å². The molecule has 0 spiro atoms. The van der Waals surface area contributed by atoms with Crippen LogP contribution in [-0.2, 0) is 37.5 Å². The zero-order valence-electron chi connectivity index (χ0n) is 16.2. The molecular weight excluding hydrogens is 401 g/mol. The molecule has 0 aliphatic rings. The molecule has 2 rings (SSSR count). The van der Waals surface area contributed by atoms with Crippen LogP contribution in [0.4, 0.5) is 11.4 Å². The van der Waals surface area contributed by atoms with Crippen LogP contribution in [0.3, 0.4) is 0 Å². The number of nitrogens with zero attached hydrogens (tertiary/aromatic N) is 3. The summed E-state index contributed by atoms with van der Waals surface area (Å²) in [4.78, 5) is 12.1. The molecule has 1 radical (unpaired) electrons. The number of carbonyl (C=O) groups is 1. The van der Waals surface area contributed by atoms with Crippen molar-refractivity contribution in [2.24, 2.45) is 10.2 Å². The third kappa shape index (κ3) is 10.3. The minimum absolute atomic E-state index is 0. The van der Waals surface area contributed by atoms with E-state index in [1.54, 1.807) is 24.3 Å². The Hall–Kier alpha value is -1.72. The van der Waals surface area contributed by atoms with Crippen LogP contribution in [0.2, 0.25) is 0 Å². The van der Waals surface area contributed by atoms with Crippen molar-refractivity contribution in [3.8, 4) is 0 Å². The van der Waals surface area contributed by atoms with Crippen LogP contribution >= 0.6 is 0 Å². The first-order valence-electron chi connectivity index (χ1n) is 8.51. The van der Waals surface area contributed by atoms with E-state index in [0.717, 1.165) is 0 Å². The topological polar surface area (TPSA) is 76.1 Å². The number of hydrogen-bond acceptors (Lipinski definition) is 3. The number of amides is 1. The Kier molecular flexibility index (Phi) is 17.1. The molecule has 1 atom stereocenters. The van der Waals surface area contributed by atoms with E-state index in [0.29, 0.717) is 11.4 Å². The average molecular weight is 428 g/mol. The Bertz CT molecular complexity index is 645. The van der Waals surface area contributed by atoms with Crippen molar-refractivity contribution in [3.05, 3.63) is 66.1 Å². The second kappa shape index (κ2) is 16.7. The normalized spacial score (nSPS) is 10.2. The van der Waals surface area contributed by atoms with Crippen molar-refractivity contribution in [1.82, 2.24) is 0 Å². The summed E-state index contributed by atoms with van der Waals surface area (Å²) in [5.74, 6) is -0.430. The molecule has 6 heteroatoms. The molecule has 1 unspecified atom stereocenters. The van der Waals surface area contributed by atoms with Crippen LogP contribution in [0, 0.1) is 0 Å². The third-order valence-corrected chi connectivity index (χ3v) is 2.73. The second-order valence-corrected chi connectivity index (χ2v) is 4.45. The molecule has 0 aromatic heterocycles. The van der Waals surface area contributed by atoms with Gasteiger partial charge in [0, 0.05) is 38.4 Å². The van der Waals surface area contributed by atoms with Crippen LogP contribution in [0.5, 0.6) is 0 Å². The van der Waals surface area contributed by atoms with Crippen LogP contribution in [0.15, 0.2) is 70.9 Å². The minimum Gasteiger partial charge on any atom is -0.809 e. The van der Waals surface area contributed by atoms with Gasteiger partial charge < -0.3 is 10.7 Å². The van der Waals surface area contributed by atoms with Gasteiger partial charge in [-0.25, -0.2) is 0 Å². The van der Waals surface area contributed by atoms with E-state index in [2.05, 4.69) is 15.5 Å². The molecule has 2 aromatic rings. The van der Waals surface area contributed by atoms with Crippen molar-refractivity contribution < 1.29 is 37.5 Å². The number of nitrogens with one attached hydrogen (secondary N) is 1. The fraction of sp³-hybridized carbons (Fsp3) is 0.300. The van der Waals surface area contributed by atoms with Crippen molar-refractivity contribution in [2.75, 3.05) is 5.32 Å². The maximum atomic E-state index is 12.1. The summed E-state index contributed by atoms with van der Waals surface area (Å²) in [7, 11) is 0. The smallest absolute Gasteiger partial charge is 0.253 e. The van der Waals surface area contributed by atoms with Gasteiger partial charge in [0.1, 0.15) is 6.04 Å². The first kappa shape index (κ1) is 26.5. The van der Waals surface area contributed by atoms with E-state index in [4.69, 9.17) is 0 Å². The summed E-state index contributed by atoms with van der Waals surface area (Å²) < 4.78 is 0. The summed E-state index contributed by atoms with van der Waals surface area (Å²) >= 11 is 0. The molecule has 2 aromatic carbocycles. The minimum atomic E-state index is -1.04. The summed E-state index contributed by atoms with van der Waals surface area (Å²) in [6.07, 6.45) is 0. The van der Waals surface area contributed by atoms with Gasteiger partial charge in [-0.05, 0) is 24.3 Å². The molecule has 0 bridgehead atoms. The molecule has 0 aliphatic carbocycles. The maximum absolute atomic E-state index is 12.1. The van der Waals surface area contributed by atoms with E-state index < -0.39 is 11.9 Å². The Morgan fingerprint density at radius 2 is 1.38 bits per heavy atom. The molecule has 0 aliphatic heterocycles. The summed E-state index contributed by atoms with van der Waals surface area (Å²) in [5, 5.41) is 20.2. The zero-order chi connectivity index (χ0) is 19.1. The van der Waals surface area contributed by atoms with E-state index in [9.17, 15) is 10.2 Å². The van der Waals surface area contributed by atoms with E-state index in [1.165, 1.54) is 6.92 Å². The van der Waals surface area contributed by atoms with E-state index in [-0.39, 0.29) is 38.4 Å². The summed E-state index contributed by atoms with van der Waals surface area (Å²) in [5.41, 5.74) is 1.16. The number of para-hydroxylation sites is 1. The second-order valence-electron chi connectivity index (χ2n) is 4.45. The number of benzene rings is 2. The van der Waals surface area contributed by atoms with Gasteiger partial charge in [0.15, 0.2) is 0 Å². The van der Waals surface area contributed by atoms with Gasteiger partial charge >= 0.3 is 0 Å². The first-order chi connectivity index (χ1) is 12.2. The molecule has 0 fully saturated rings. The maximum Gasteiger partial charge on any atom is 0.253 e. The molecule has 137 valence electrons. The van der Waals surface area contributed by atoms with Crippen LogP contribution < -0.4 is 5.32 Å². The number of carbonyl (C=O) groups excluding carboxylic acids is 1. The van der Waals surface area contributed by atoms with Gasteiger partial charge in [-0.3, -0.25) is 4.79 Å². The third-order valence-electron chi connectivity index (χ3n) is 2.73. The molecular formula is C20H27N4OY-. The molecule has 1 N–H and O–H groups in total. The van der Waals surface area contributed by atoms with E-state index in [1.807, 2.05) is 64.1 Å². The fourth-order valence-corrected chi connectivity index (χ4v) is 1.68. The van der Waals surface area contributed by atoms with Gasteiger partial charge in [-0.15, -0.1) is 0 Å². The van der Waals surface area contributed by atoms with Crippen molar-refractivity contribution in [3.63, 3.8) is 0 Å². The summed E-state index contributed by atoms with van der Waals surface area (Å²) in [6, 6.07) is 17.0. The van der Waals surface area contributed by atoms with Crippen molar-refractivity contribution in [2.45, 2.75) is 40.7 Å². The molecule has 5 nitrogen and oxygen atoms in total.